The van der Waals surface area contributed by atoms with Crippen LogP contribution in [0.5, 0.6) is 11.5 Å². The molecule has 0 aliphatic rings. The largest absolute Gasteiger partial charge is 0.508 e. The molecule has 0 bridgehead atoms. The van der Waals surface area contributed by atoms with Gasteiger partial charge in [0.25, 0.3) is 0 Å². The molecule has 0 saturated carbocycles. The molecule has 0 spiro atoms. The predicted molar refractivity (Wildman–Crippen MR) is 74.1 cm³/mol. The number of aryl methyl sites for hydroxylation is 1. The number of carbonyl (C=O) groups is 1. The summed E-state index contributed by atoms with van der Waals surface area (Å²) in [6, 6.07) is 12.4. The Hall–Kier alpha value is -2.55. The summed E-state index contributed by atoms with van der Waals surface area (Å²) in [4.78, 5) is 11.4. The van der Waals surface area contributed by atoms with E-state index in [4.69, 9.17) is 4.74 Å². The fourth-order valence-corrected chi connectivity index (χ4v) is 1.83. The van der Waals surface area contributed by atoms with Gasteiger partial charge in [-0.1, -0.05) is 36.9 Å². The molecule has 0 heterocycles. The summed E-state index contributed by atoms with van der Waals surface area (Å²) < 4.78 is 5.28. The smallest absolute Gasteiger partial charge is 0.335 e. The van der Waals surface area contributed by atoms with Crippen LogP contribution >= 0.6 is 0 Å². The summed E-state index contributed by atoms with van der Waals surface area (Å²) in [7, 11) is 0. The molecule has 19 heavy (non-hydrogen) atoms. The molecule has 2 rings (SSSR count). The number of aromatic hydroxyl groups is 1. The molecule has 3 nitrogen and oxygen atoms in total. The lowest BCUT2D eigenvalue weighted by Gasteiger charge is -2.12. The molecule has 0 radical (unpaired) electrons. The van der Waals surface area contributed by atoms with Crippen molar-refractivity contribution < 1.29 is 14.6 Å². The van der Waals surface area contributed by atoms with Crippen molar-refractivity contribution in [1.29, 1.82) is 0 Å². The molecule has 0 aromatic heterocycles. The van der Waals surface area contributed by atoms with Crippen molar-refractivity contribution in [2.45, 2.75) is 6.92 Å². The lowest BCUT2D eigenvalue weighted by molar-refractivity contribution is -0.128. The molecule has 0 atom stereocenters. The molecule has 1 N–H and O–H groups in total. The van der Waals surface area contributed by atoms with E-state index in [9.17, 15) is 9.90 Å². The number of hydrogen-bond donors (Lipinski definition) is 1. The minimum atomic E-state index is -0.504. The SMILES string of the molecule is C=CC(=O)Oc1c(C)cccc1-c1cccc(O)c1. The Bertz CT molecular complexity index is 630. The van der Waals surface area contributed by atoms with E-state index >= 15 is 0 Å². The molecule has 0 aliphatic carbocycles. The molecule has 0 unspecified atom stereocenters. The maximum absolute atomic E-state index is 11.4. The number of para-hydroxylation sites is 1. The van der Waals surface area contributed by atoms with Crippen molar-refractivity contribution in [3.05, 3.63) is 60.7 Å². The lowest BCUT2D eigenvalue weighted by atomic mass is 10.0. The molecule has 0 amide bonds. The summed E-state index contributed by atoms with van der Waals surface area (Å²) in [5, 5.41) is 9.54. The molecular formula is C16H14O3. The molecular weight excluding hydrogens is 240 g/mol. The van der Waals surface area contributed by atoms with Crippen molar-refractivity contribution >= 4 is 5.97 Å². The zero-order valence-electron chi connectivity index (χ0n) is 10.6. The average Bonchev–Trinajstić information content (AvgIpc) is 2.40. The zero-order chi connectivity index (χ0) is 13.8. The van der Waals surface area contributed by atoms with Crippen LogP contribution in [-0.2, 0) is 4.79 Å². The van der Waals surface area contributed by atoms with E-state index < -0.39 is 5.97 Å². The highest BCUT2D eigenvalue weighted by atomic mass is 16.5. The normalized spacial score (nSPS) is 9.95. The molecule has 0 aliphatic heterocycles. The average molecular weight is 254 g/mol. The summed E-state index contributed by atoms with van der Waals surface area (Å²) in [5.41, 5.74) is 2.39. The van der Waals surface area contributed by atoms with Crippen molar-refractivity contribution in [3.63, 3.8) is 0 Å². The van der Waals surface area contributed by atoms with Gasteiger partial charge in [-0.15, -0.1) is 0 Å². The van der Waals surface area contributed by atoms with Crippen LogP contribution < -0.4 is 4.74 Å². The Kier molecular flexibility index (Phi) is 3.66. The first-order valence-electron chi connectivity index (χ1n) is 5.85. The number of ether oxygens (including phenoxy) is 1. The van der Waals surface area contributed by atoms with E-state index in [1.165, 1.54) is 0 Å². The molecule has 96 valence electrons. The van der Waals surface area contributed by atoms with Crippen molar-refractivity contribution in [2.24, 2.45) is 0 Å². The maximum Gasteiger partial charge on any atom is 0.335 e. The fourth-order valence-electron chi connectivity index (χ4n) is 1.83. The van der Waals surface area contributed by atoms with Crippen LogP contribution in [0.15, 0.2) is 55.1 Å². The number of esters is 1. The lowest BCUT2D eigenvalue weighted by Crippen LogP contribution is -2.05. The predicted octanol–water partition coefficient (Wildman–Crippen LogP) is 3.46. The van der Waals surface area contributed by atoms with Gasteiger partial charge in [0.1, 0.15) is 11.5 Å². The van der Waals surface area contributed by atoms with Crippen molar-refractivity contribution in [1.82, 2.24) is 0 Å². The van der Waals surface area contributed by atoms with E-state index in [1.807, 2.05) is 31.2 Å². The quantitative estimate of drug-likeness (QED) is 0.518. The van der Waals surface area contributed by atoms with Gasteiger partial charge in [0.05, 0.1) is 0 Å². The minimum Gasteiger partial charge on any atom is -0.508 e. The third-order valence-corrected chi connectivity index (χ3v) is 2.74. The standard InChI is InChI=1S/C16H14O3/c1-3-15(18)19-16-11(2)6-4-9-14(16)12-7-5-8-13(17)10-12/h3-10,17H,1H2,2H3. The molecule has 2 aromatic rings. The first-order chi connectivity index (χ1) is 9.11. The van der Waals surface area contributed by atoms with E-state index in [-0.39, 0.29) is 5.75 Å². The second-order valence-electron chi connectivity index (χ2n) is 4.13. The van der Waals surface area contributed by atoms with Gasteiger partial charge in [-0.3, -0.25) is 0 Å². The van der Waals surface area contributed by atoms with Gasteiger partial charge in [-0.05, 0) is 30.2 Å². The van der Waals surface area contributed by atoms with E-state index in [0.29, 0.717) is 5.75 Å². The second kappa shape index (κ2) is 5.40. The van der Waals surface area contributed by atoms with Crippen LogP contribution in [0, 0.1) is 6.92 Å². The Morgan fingerprint density at radius 2 is 2.00 bits per heavy atom. The molecule has 2 aromatic carbocycles. The number of phenolic OH excluding ortho intramolecular Hbond substituents is 1. The number of phenols is 1. The maximum atomic E-state index is 11.4. The molecule has 0 saturated heterocycles. The number of benzene rings is 2. The number of rotatable bonds is 3. The van der Waals surface area contributed by atoms with Gasteiger partial charge in [0.15, 0.2) is 0 Å². The van der Waals surface area contributed by atoms with E-state index in [2.05, 4.69) is 6.58 Å². The monoisotopic (exact) mass is 254 g/mol. The van der Waals surface area contributed by atoms with Crippen LogP contribution in [0.25, 0.3) is 11.1 Å². The summed E-state index contributed by atoms with van der Waals surface area (Å²) in [5.74, 6) is 0.147. The van der Waals surface area contributed by atoms with Crippen LogP contribution in [0.4, 0.5) is 0 Å². The first kappa shape index (κ1) is 12.9. The first-order valence-corrected chi connectivity index (χ1v) is 5.85. The Morgan fingerprint density at radius 1 is 1.26 bits per heavy atom. The third-order valence-electron chi connectivity index (χ3n) is 2.74. The topological polar surface area (TPSA) is 46.5 Å². The zero-order valence-corrected chi connectivity index (χ0v) is 10.6. The van der Waals surface area contributed by atoms with Crippen LogP contribution in [0.2, 0.25) is 0 Å². The number of carbonyl (C=O) groups excluding carboxylic acids is 1. The van der Waals surface area contributed by atoms with Gasteiger partial charge < -0.3 is 9.84 Å². The highest BCUT2D eigenvalue weighted by Gasteiger charge is 2.12. The van der Waals surface area contributed by atoms with Crippen molar-refractivity contribution in [2.75, 3.05) is 0 Å². The fraction of sp³-hybridized carbons (Fsp3) is 0.0625. The summed E-state index contributed by atoms with van der Waals surface area (Å²) >= 11 is 0. The highest BCUT2D eigenvalue weighted by molar-refractivity contribution is 5.86. The Labute approximate surface area is 111 Å². The summed E-state index contributed by atoms with van der Waals surface area (Å²) in [6.07, 6.45) is 1.12. The summed E-state index contributed by atoms with van der Waals surface area (Å²) in [6.45, 7) is 5.25. The van der Waals surface area contributed by atoms with Gasteiger partial charge >= 0.3 is 5.97 Å². The van der Waals surface area contributed by atoms with Gasteiger partial charge in [-0.25, -0.2) is 4.79 Å². The molecule has 3 heteroatoms. The second-order valence-corrected chi connectivity index (χ2v) is 4.13. The van der Waals surface area contributed by atoms with Crippen LogP contribution in [0.1, 0.15) is 5.56 Å². The number of hydrogen-bond acceptors (Lipinski definition) is 3. The Balaban J connectivity index is 2.54. The molecule has 0 fully saturated rings. The van der Waals surface area contributed by atoms with Crippen molar-refractivity contribution in [3.8, 4) is 22.6 Å². The van der Waals surface area contributed by atoms with Gasteiger partial charge in [-0.2, -0.15) is 0 Å². The third kappa shape index (κ3) is 2.83. The van der Waals surface area contributed by atoms with E-state index in [1.54, 1.807) is 18.2 Å². The Morgan fingerprint density at radius 3 is 2.68 bits per heavy atom. The van der Waals surface area contributed by atoms with Gasteiger partial charge in [0, 0.05) is 11.6 Å². The minimum absolute atomic E-state index is 0.167. The van der Waals surface area contributed by atoms with Crippen LogP contribution in [0.3, 0.4) is 0 Å². The van der Waals surface area contributed by atoms with Gasteiger partial charge in [0.2, 0.25) is 0 Å². The van der Waals surface area contributed by atoms with Crippen LogP contribution in [-0.4, -0.2) is 11.1 Å². The highest BCUT2D eigenvalue weighted by Crippen LogP contribution is 2.34. The van der Waals surface area contributed by atoms with E-state index in [0.717, 1.165) is 22.8 Å².